The molecule has 0 aliphatic carbocycles. The monoisotopic (exact) mass is 801 g/mol. The van der Waals surface area contributed by atoms with Gasteiger partial charge in [0.05, 0.1) is 24.5 Å². The summed E-state index contributed by atoms with van der Waals surface area (Å²) in [6.45, 7) is 7.98. The lowest BCUT2D eigenvalue weighted by molar-refractivity contribution is -0.145. The van der Waals surface area contributed by atoms with Gasteiger partial charge in [0, 0.05) is 34.8 Å². The molecule has 0 radical (unpaired) electrons. The van der Waals surface area contributed by atoms with Crippen LogP contribution >= 0.6 is 11.3 Å². The molecule has 14 nitrogen and oxygen atoms in total. The minimum absolute atomic E-state index is 0.0438. The van der Waals surface area contributed by atoms with Crippen molar-refractivity contribution in [1.29, 1.82) is 0 Å². The van der Waals surface area contributed by atoms with E-state index in [0.717, 1.165) is 34.6 Å². The molecular formula is C42H51N5O9S. The summed E-state index contributed by atoms with van der Waals surface area (Å²) in [5.41, 5.74) is 2.88. The number of carboxylic acid groups (broad SMARTS) is 2. The maximum absolute atomic E-state index is 13.6. The zero-order chi connectivity index (χ0) is 41.5. The first-order chi connectivity index (χ1) is 27.2. The van der Waals surface area contributed by atoms with E-state index < -0.39 is 60.8 Å². The van der Waals surface area contributed by atoms with Crippen molar-refractivity contribution in [3.05, 3.63) is 88.4 Å². The van der Waals surface area contributed by atoms with Crippen molar-refractivity contribution in [3.8, 4) is 28.3 Å². The van der Waals surface area contributed by atoms with Crippen LogP contribution in [0.2, 0.25) is 0 Å². The van der Waals surface area contributed by atoms with Crippen LogP contribution in [0.5, 0.6) is 5.75 Å². The van der Waals surface area contributed by atoms with Gasteiger partial charge in [0.1, 0.15) is 23.9 Å². The molecule has 3 amide bonds. The normalized spacial score (nSPS) is 12.9. The SMILES string of the molecule is CCCCCCCOc1ccc(-c2cnc(-c3ccc(C[C@H](NC(=O)c4ccc(C(C)(C)C)s4)C(=O)N[C@@H](CC(=O)N[C@@H](CO)C(=O)O)C(=O)O)cc3)nc2)cc1. The van der Waals surface area contributed by atoms with Gasteiger partial charge in [-0.05, 0) is 47.2 Å². The van der Waals surface area contributed by atoms with E-state index >= 15 is 0 Å². The van der Waals surface area contributed by atoms with E-state index in [1.165, 1.54) is 30.6 Å². The smallest absolute Gasteiger partial charge is 0.328 e. The third-order valence-electron chi connectivity index (χ3n) is 9.02. The van der Waals surface area contributed by atoms with Crippen molar-refractivity contribution in [2.75, 3.05) is 13.2 Å². The average Bonchev–Trinajstić information content (AvgIpc) is 3.70. The number of nitrogens with one attached hydrogen (secondary N) is 3. The molecule has 0 unspecified atom stereocenters. The van der Waals surface area contributed by atoms with Crippen molar-refractivity contribution in [2.45, 2.75) is 96.2 Å². The minimum Gasteiger partial charge on any atom is -0.494 e. The molecule has 15 heteroatoms. The lowest BCUT2D eigenvalue weighted by atomic mass is 9.95. The molecule has 2 aromatic heterocycles. The number of thiophene rings is 1. The number of nitrogens with zero attached hydrogens (tertiary/aromatic N) is 2. The Bertz CT molecular complexity index is 1960. The second-order valence-electron chi connectivity index (χ2n) is 14.7. The fourth-order valence-electron chi connectivity index (χ4n) is 5.69. The average molecular weight is 802 g/mol. The van der Waals surface area contributed by atoms with Gasteiger partial charge in [0.25, 0.3) is 5.91 Å². The maximum Gasteiger partial charge on any atom is 0.328 e. The number of amides is 3. The van der Waals surface area contributed by atoms with E-state index in [-0.39, 0.29) is 11.8 Å². The lowest BCUT2D eigenvalue weighted by Gasteiger charge is -2.22. The van der Waals surface area contributed by atoms with E-state index in [1.807, 2.05) is 56.4 Å². The Kier molecular flexibility index (Phi) is 16.2. The van der Waals surface area contributed by atoms with Crippen LogP contribution in [0.15, 0.2) is 73.1 Å². The number of unbranched alkanes of at least 4 members (excludes halogenated alkanes) is 4. The number of carbonyl (C=O) groups is 5. The molecule has 0 aliphatic rings. The number of aliphatic carboxylic acids is 2. The van der Waals surface area contributed by atoms with Crippen molar-refractivity contribution >= 4 is 41.0 Å². The van der Waals surface area contributed by atoms with Gasteiger partial charge in [-0.3, -0.25) is 14.4 Å². The molecular weight excluding hydrogens is 751 g/mol. The standard InChI is InChI=1S/C42H51N5O9S/c1-5-6-7-8-9-20-56-30-16-14-27(15-17-30)29-23-43-37(44-24-29)28-12-10-26(11-13-28)21-31(46-39(51)34-18-19-35(57-34)42(2,3)4)38(50)47-32(40(52)53)22-36(49)45-33(25-48)41(54)55/h10-19,23-24,31-33,48H,5-9,20-22,25H2,1-4H3,(H,45,49)(H,46,51)(H,47,50)(H,52,53)(H,54,55)/t31-,32-,33-/m0/s1. The molecule has 304 valence electrons. The molecule has 4 rings (SSSR count). The van der Waals surface area contributed by atoms with Gasteiger partial charge in [0.15, 0.2) is 5.82 Å². The quantitative estimate of drug-likeness (QED) is 0.0588. The lowest BCUT2D eigenvalue weighted by Crippen LogP contribution is -2.54. The highest BCUT2D eigenvalue weighted by Gasteiger charge is 2.31. The fraction of sp³-hybridized carbons (Fsp3) is 0.405. The van der Waals surface area contributed by atoms with Gasteiger partial charge in [0.2, 0.25) is 11.8 Å². The Morgan fingerprint density at radius 1 is 0.737 bits per heavy atom. The molecule has 2 aromatic carbocycles. The van der Waals surface area contributed by atoms with Crippen LogP contribution < -0.4 is 20.7 Å². The van der Waals surface area contributed by atoms with Crippen molar-refractivity contribution < 1.29 is 44.0 Å². The van der Waals surface area contributed by atoms with Crippen LogP contribution in [0.3, 0.4) is 0 Å². The summed E-state index contributed by atoms with van der Waals surface area (Å²) in [6.07, 6.45) is 8.47. The van der Waals surface area contributed by atoms with E-state index in [1.54, 1.807) is 42.7 Å². The molecule has 3 atom stereocenters. The van der Waals surface area contributed by atoms with Crippen LogP contribution in [-0.2, 0) is 31.0 Å². The van der Waals surface area contributed by atoms with E-state index in [4.69, 9.17) is 9.84 Å². The Balaban J connectivity index is 1.46. The van der Waals surface area contributed by atoms with Crippen LogP contribution in [0.25, 0.3) is 22.5 Å². The first kappa shape index (κ1) is 44.0. The maximum atomic E-state index is 13.6. The van der Waals surface area contributed by atoms with Crippen molar-refractivity contribution in [3.63, 3.8) is 0 Å². The zero-order valence-corrected chi connectivity index (χ0v) is 33.4. The van der Waals surface area contributed by atoms with E-state index in [0.29, 0.717) is 28.4 Å². The predicted molar refractivity (Wildman–Crippen MR) is 216 cm³/mol. The number of hydrogen-bond donors (Lipinski definition) is 6. The Morgan fingerprint density at radius 3 is 1.95 bits per heavy atom. The van der Waals surface area contributed by atoms with Gasteiger partial charge in [-0.25, -0.2) is 19.6 Å². The molecule has 0 saturated heterocycles. The largest absolute Gasteiger partial charge is 0.494 e. The van der Waals surface area contributed by atoms with Gasteiger partial charge >= 0.3 is 11.9 Å². The number of aliphatic hydroxyl groups excluding tert-OH is 1. The number of hydrogen-bond acceptors (Lipinski definition) is 10. The third-order valence-corrected chi connectivity index (χ3v) is 10.5. The Hall–Kier alpha value is -5.67. The van der Waals surface area contributed by atoms with Gasteiger partial charge < -0.3 is 36.0 Å². The predicted octanol–water partition coefficient (Wildman–Crippen LogP) is 5.38. The second-order valence-corrected chi connectivity index (χ2v) is 15.8. The zero-order valence-electron chi connectivity index (χ0n) is 32.6. The summed E-state index contributed by atoms with van der Waals surface area (Å²) >= 11 is 1.27. The van der Waals surface area contributed by atoms with Gasteiger partial charge in [-0.15, -0.1) is 11.3 Å². The van der Waals surface area contributed by atoms with Crippen LogP contribution in [0, 0.1) is 0 Å². The number of carbonyl (C=O) groups excluding carboxylic acids is 3. The highest BCUT2D eigenvalue weighted by atomic mass is 32.1. The molecule has 4 aromatic rings. The number of ether oxygens (including phenoxy) is 1. The minimum atomic E-state index is -1.77. The van der Waals surface area contributed by atoms with Gasteiger partial charge in [-0.2, -0.15) is 0 Å². The molecule has 2 heterocycles. The summed E-state index contributed by atoms with van der Waals surface area (Å²) < 4.78 is 5.88. The molecule has 57 heavy (non-hydrogen) atoms. The first-order valence-corrected chi connectivity index (χ1v) is 19.7. The van der Waals surface area contributed by atoms with Crippen molar-refractivity contribution in [2.24, 2.45) is 0 Å². The highest BCUT2D eigenvalue weighted by molar-refractivity contribution is 7.14. The van der Waals surface area contributed by atoms with Crippen LogP contribution in [0.1, 0.15) is 86.3 Å². The number of benzene rings is 2. The molecule has 0 saturated carbocycles. The third kappa shape index (κ3) is 13.5. The second kappa shape index (κ2) is 21.0. The number of aliphatic hydroxyl groups is 1. The number of aromatic nitrogens is 2. The summed E-state index contributed by atoms with van der Waals surface area (Å²) in [7, 11) is 0. The van der Waals surface area contributed by atoms with Gasteiger partial charge in [-0.1, -0.05) is 89.8 Å². The summed E-state index contributed by atoms with van der Waals surface area (Å²) in [4.78, 5) is 73.2. The summed E-state index contributed by atoms with van der Waals surface area (Å²) in [6, 6.07) is 13.6. The molecule has 0 spiro atoms. The molecule has 6 N–H and O–H groups in total. The summed E-state index contributed by atoms with van der Waals surface area (Å²) in [5, 5.41) is 35.2. The first-order valence-electron chi connectivity index (χ1n) is 18.9. The van der Waals surface area contributed by atoms with Crippen molar-refractivity contribution in [1.82, 2.24) is 25.9 Å². The Morgan fingerprint density at radius 2 is 1.37 bits per heavy atom. The number of carboxylic acids is 2. The van der Waals surface area contributed by atoms with Crippen LogP contribution in [-0.4, -0.2) is 86.3 Å². The van der Waals surface area contributed by atoms with Crippen LogP contribution in [0.4, 0.5) is 0 Å². The Labute approximate surface area is 336 Å². The van der Waals surface area contributed by atoms with E-state index in [2.05, 4.69) is 27.5 Å². The molecule has 0 bridgehead atoms. The van der Waals surface area contributed by atoms with E-state index in [9.17, 15) is 34.2 Å². The fourth-order valence-corrected chi connectivity index (χ4v) is 6.66. The molecule has 0 aliphatic heterocycles. The highest BCUT2D eigenvalue weighted by Crippen LogP contribution is 2.30. The topological polar surface area (TPSA) is 217 Å². The molecule has 0 fully saturated rings. The number of rotatable bonds is 21. The summed E-state index contributed by atoms with van der Waals surface area (Å²) in [5.74, 6) is -4.23.